The summed E-state index contributed by atoms with van der Waals surface area (Å²) in [6.07, 6.45) is 0.851. The van der Waals surface area contributed by atoms with Crippen LogP contribution in [0, 0.1) is 0 Å². The fourth-order valence-electron chi connectivity index (χ4n) is 2.66. The molecule has 6 heteroatoms. The number of esters is 1. The van der Waals surface area contributed by atoms with Crippen LogP contribution >= 0.6 is 0 Å². The van der Waals surface area contributed by atoms with E-state index < -0.39 is 12.1 Å². The van der Waals surface area contributed by atoms with Crippen LogP contribution in [0.4, 0.5) is 0 Å². The minimum Gasteiger partial charge on any atom is -0.449 e. The predicted molar refractivity (Wildman–Crippen MR) is 88.1 cm³/mol. The lowest BCUT2D eigenvalue weighted by Gasteiger charge is -2.32. The smallest absolute Gasteiger partial charge is 0.338 e. The van der Waals surface area contributed by atoms with Crippen molar-refractivity contribution in [2.75, 3.05) is 0 Å². The van der Waals surface area contributed by atoms with Gasteiger partial charge in [-0.3, -0.25) is 9.89 Å². The molecule has 1 aromatic carbocycles. The van der Waals surface area contributed by atoms with E-state index in [-0.39, 0.29) is 18.0 Å². The summed E-state index contributed by atoms with van der Waals surface area (Å²) in [5, 5.41) is 7.63. The standard InChI is InChI=1S/C17H23N3O3/c1-10(2)20(11(3)4)16(21)12(5)23-17(22)13-6-7-14-9-18-19-15(14)8-13/h6-12H,1-5H3,(H,18,19)/t12-/m0/s1. The Labute approximate surface area is 135 Å². The molecule has 0 bridgehead atoms. The Morgan fingerprint density at radius 2 is 1.78 bits per heavy atom. The first-order chi connectivity index (χ1) is 10.8. The van der Waals surface area contributed by atoms with Crippen molar-refractivity contribution in [3.05, 3.63) is 30.0 Å². The van der Waals surface area contributed by atoms with Crippen molar-refractivity contribution in [3.63, 3.8) is 0 Å². The van der Waals surface area contributed by atoms with E-state index in [9.17, 15) is 9.59 Å². The number of hydrogen-bond acceptors (Lipinski definition) is 4. The normalized spacial score (nSPS) is 12.7. The molecular weight excluding hydrogens is 294 g/mol. The van der Waals surface area contributed by atoms with Crippen molar-refractivity contribution < 1.29 is 14.3 Å². The van der Waals surface area contributed by atoms with Gasteiger partial charge in [0.25, 0.3) is 5.91 Å². The van der Waals surface area contributed by atoms with Crippen LogP contribution in [0.1, 0.15) is 45.0 Å². The number of carbonyl (C=O) groups excluding carboxylic acids is 2. The summed E-state index contributed by atoms with van der Waals surface area (Å²) < 4.78 is 5.34. The largest absolute Gasteiger partial charge is 0.449 e. The van der Waals surface area contributed by atoms with Crippen LogP contribution < -0.4 is 0 Å². The second-order valence-corrected chi connectivity index (χ2v) is 6.15. The molecule has 0 fully saturated rings. The molecule has 0 aliphatic rings. The van der Waals surface area contributed by atoms with Gasteiger partial charge >= 0.3 is 5.97 Å². The van der Waals surface area contributed by atoms with Gasteiger partial charge in [0, 0.05) is 17.5 Å². The van der Waals surface area contributed by atoms with Crippen LogP contribution in [-0.2, 0) is 9.53 Å². The second kappa shape index (κ2) is 6.81. The zero-order chi connectivity index (χ0) is 17.1. The third-order valence-electron chi connectivity index (χ3n) is 3.68. The number of nitrogens with one attached hydrogen (secondary N) is 1. The van der Waals surface area contributed by atoms with E-state index in [1.165, 1.54) is 0 Å². The number of aromatic amines is 1. The molecule has 0 radical (unpaired) electrons. The Hall–Kier alpha value is -2.37. The van der Waals surface area contributed by atoms with Crippen LogP contribution in [0.5, 0.6) is 0 Å². The number of aromatic nitrogens is 2. The number of carbonyl (C=O) groups is 2. The first kappa shape index (κ1) is 17.0. The minimum absolute atomic E-state index is 0.0463. The van der Waals surface area contributed by atoms with Gasteiger partial charge < -0.3 is 9.64 Å². The molecule has 0 spiro atoms. The summed E-state index contributed by atoms with van der Waals surface area (Å²) in [6, 6.07) is 5.22. The molecule has 0 aliphatic heterocycles. The topological polar surface area (TPSA) is 75.3 Å². The highest BCUT2D eigenvalue weighted by atomic mass is 16.5. The van der Waals surface area contributed by atoms with Crippen molar-refractivity contribution in [1.29, 1.82) is 0 Å². The molecule has 0 aliphatic carbocycles. The minimum atomic E-state index is -0.829. The van der Waals surface area contributed by atoms with Crippen molar-refractivity contribution in [1.82, 2.24) is 15.1 Å². The molecule has 0 saturated heterocycles. The molecule has 0 saturated carbocycles. The number of nitrogens with zero attached hydrogens (tertiary/aromatic N) is 2. The fourth-order valence-corrected chi connectivity index (χ4v) is 2.66. The molecule has 0 unspecified atom stereocenters. The Kier molecular flexibility index (Phi) is 5.03. The van der Waals surface area contributed by atoms with E-state index in [1.54, 1.807) is 36.2 Å². The molecule has 124 valence electrons. The summed E-state index contributed by atoms with van der Waals surface area (Å²) in [5.41, 5.74) is 1.14. The zero-order valence-electron chi connectivity index (χ0n) is 14.2. The Morgan fingerprint density at radius 1 is 1.13 bits per heavy atom. The van der Waals surface area contributed by atoms with Gasteiger partial charge in [0.1, 0.15) is 0 Å². The molecule has 6 nitrogen and oxygen atoms in total. The van der Waals surface area contributed by atoms with E-state index in [1.807, 2.05) is 27.7 Å². The summed E-state index contributed by atoms with van der Waals surface area (Å²) >= 11 is 0. The number of ether oxygens (including phenoxy) is 1. The monoisotopic (exact) mass is 317 g/mol. The molecule has 2 aromatic rings. The van der Waals surface area contributed by atoms with E-state index in [4.69, 9.17) is 4.74 Å². The predicted octanol–water partition coefficient (Wildman–Crippen LogP) is 2.75. The highest BCUT2D eigenvalue weighted by Crippen LogP contribution is 2.15. The van der Waals surface area contributed by atoms with Gasteiger partial charge in [0.05, 0.1) is 17.3 Å². The number of benzene rings is 1. The third-order valence-corrected chi connectivity index (χ3v) is 3.68. The van der Waals surface area contributed by atoms with Gasteiger partial charge in [-0.15, -0.1) is 0 Å². The first-order valence-electron chi connectivity index (χ1n) is 7.77. The molecule has 1 amide bonds. The zero-order valence-corrected chi connectivity index (χ0v) is 14.2. The Bertz CT molecular complexity index is 698. The van der Waals surface area contributed by atoms with Gasteiger partial charge in [-0.05, 0) is 46.8 Å². The first-order valence-corrected chi connectivity index (χ1v) is 7.77. The summed E-state index contributed by atoms with van der Waals surface area (Å²) in [6.45, 7) is 9.38. The SMILES string of the molecule is CC(C)N(C(=O)[C@H](C)OC(=O)c1ccc2cn[nH]c2c1)C(C)C. The van der Waals surface area contributed by atoms with Crippen molar-refractivity contribution in [2.45, 2.75) is 52.8 Å². The summed E-state index contributed by atoms with van der Waals surface area (Å²) in [5.74, 6) is -0.708. The van der Waals surface area contributed by atoms with Crippen molar-refractivity contribution in [2.24, 2.45) is 0 Å². The quantitative estimate of drug-likeness (QED) is 0.860. The maximum atomic E-state index is 12.5. The molecule has 1 heterocycles. The lowest BCUT2D eigenvalue weighted by molar-refractivity contribution is -0.143. The summed E-state index contributed by atoms with van der Waals surface area (Å²) in [4.78, 5) is 26.5. The lowest BCUT2D eigenvalue weighted by Crippen LogP contribution is -2.47. The Balaban J connectivity index is 2.10. The molecule has 23 heavy (non-hydrogen) atoms. The number of rotatable bonds is 5. The molecule has 1 atom stereocenters. The van der Waals surface area contributed by atoms with E-state index in [0.717, 1.165) is 10.9 Å². The number of hydrogen-bond donors (Lipinski definition) is 1. The Morgan fingerprint density at radius 3 is 2.39 bits per heavy atom. The maximum Gasteiger partial charge on any atom is 0.338 e. The van der Waals surface area contributed by atoms with E-state index in [2.05, 4.69) is 10.2 Å². The molecule has 2 rings (SSSR count). The van der Waals surface area contributed by atoms with Crippen LogP contribution in [0.3, 0.4) is 0 Å². The van der Waals surface area contributed by atoms with Gasteiger partial charge in [0.15, 0.2) is 6.10 Å². The van der Waals surface area contributed by atoms with Gasteiger partial charge in [-0.1, -0.05) is 6.07 Å². The van der Waals surface area contributed by atoms with Gasteiger partial charge in [-0.25, -0.2) is 4.79 Å². The van der Waals surface area contributed by atoms with Crippen LogP contribution in [0.2, 0.25) is 0 Å². The molecular formula is C17H23N3O3. The van der Waals surface area contributed by atoms with Crippen LogP contribution in [0.15, 0.2) is 24.4 Å². The highest BCUT2D eigenvalue weighted by molar-refractivity contribution is 5.95. The van der Waals surface area contributed by atoms with Crippen molar-refractivity contribution in [3.8, 4) is 0 Å². The van der Waals surface area contributed by atoms with Crippen LogP contribution in [0.25, 0.3) is 10.9 Å². The van der Waals surface area contributed by atoms with E-state index in [0.29, 0.717) is 5.56 Å². The van der Waals surface area contributed by atoms with Gasteiger partial charge in [-0.2, -0.15) is 5.10 Å². The third kappa shape index (κ3) is 3.70. The van der Waals surface area contributed by atoms with Gasteiger partial charge in [0.2, 0.25) is 0 Å². The molecule has 1 N–H and O–H groups in total. The fraction of sp³-hybridized carbons (Fsp3) is 0.471. The van der Waals surface area contributed by atoms with Crippen LogP contribution in [-0.4, -0.2) is 45.2 Å². The molecule has 1 aromatic heterocycles. The second-order valence-electron chi connectivity index (χ2n) is 6.15. The lowest BCUT2D eigenvalue weighted by atomic mass is 10.1. The van der Waals surface area contributed by atoms with Crippen molar-refractivity contribution >= 4 is 22.8 Å². The average molecular weight is 317 g/mol. The number of H-pyrrole nitrogens is 1. The summed E-state index contributed by atoms with van der Waals surface area (Å²) in [7, 11) is 0. The van der Waals surface area contributed by atoms with E-state index >= 15 is 0 Å². The number of amides is 1. The average Bonchev–Trinajstić information content (AvgIpc) is 2.93. The maximum absolute atomic E-state index is 12.5. The highest BCUT2D eigenvalue weighted by Gasteiger charge is 2.28. The number of fused-ring (bicyclic) bond motifs is 1.